The second-order valence-electron chi connectivity index (χ2n) is 4.89. The fraction of sp³-hybridized carbons (Fsp3) is 0.0667. The standard InChI is InChI=1S/C15H13FN4O2S/c1-20-6-5-18-15(20)11-3-2-4-13(7-11)19-23(21,22)14-8-12(16)9-17-10-14/h2-10,19H,1H3. The summed E-state index contributed by atoms with van der Waals surface area (Å²) in [7, 11) is -2.07. The number of anilines is 1. The molecule has 8 heteroatoms. The van der Waals surface area contributed by atoms with Gasteiger partial charge in [0.25, 0.3) is 10.0 Å². The number of rotatable bonds is 4. The molecule has 0 amide bonds. The van der Waals surface area contributed by atoms with Crippen LogP contribution in [-0.4, -0.2) is 23.0 Å². The number of benzene rings is 1. The van der Waals surface area contributed by atoms with Crippen LogP contribution in [0.15, 0.2) is 60.0 Å². The van der Waals surface area contributed by atoms with Crippen molar-refractivity contribution < 1.29 is 12.8 Å². The Hall–Kier alpha value is -2.74. The summed E-state index contributed by atoms with van der Waals surface area (Å²) in [4.78, 5) is 7.54. The van der Waals surface area contributed by atoms with E-state index in [0.717, 1.165) is 24.0 Å². The van der Waals surface area contributed by atoms with Crippen LogP contribution in [0.4, 0.5) is 10.1 Å². The van der Waals surface area contributed by atoms with Crippen LogP contribution in [0, 0.1) is 5.82 Å². The van der Waals surface area contributed by atoms with E-state index >= 15 is 0 Å². The Balaban J connectivity index is 1.93. The molecule has 0 spiro atoms. The summed E-state index contributed by atoms with van der Waals surface area (Å²) >= 11 is 0. The van der Waals surface area contributed by atoms with Crippen molar-refractivity contribution in [3.63, 3.8) is 0 Å². The van der Waals surface area contributed by atoms with Crippen LogP contribution in [-0.2, 0) is 17.1 Å². The monoisotopic (exact) mass is 332 g/mol. The van der Waals surface area contributed by atoms with Gasteiger partial charge in [-0.15, -0.1) is 0 Å². The number of nitrogens with zero attached hydrogens (tertiary/aromatic N) is 3. The number of sulfonamides is 1. The van der Waals surface area contributed by atoms with Crippen LogP contribution in [0.5, 0.6) is 0 Å². The third kappa shape index (κ3) is 3.21. The number of aryl methyl sites for hydroxylation is 1. The third-order valence-corrected chi connectivity index (χ3v) is 4.53. The van der Waals surface area contributed by atoms with Crippen LogP contribution in [0.25, 0.3) is 11.4 Å². The molecule has 3 aromatic rings. The van der Waals surface area contributed by atoms with Crippen LogP contribution in [0.2, 0.25) is 0 Å². The first-order valence-corrected chi connectivity index (χ1v) is 8.15. The first kappa shape index (κ1) is 15.2. The van der Waals surface area contributed by atoms with Gasteiger partial charge in [-0.25, -0.2) is 17.8 Å². The summed E-state index contributed by atoms with van der Waals surface area (Å²) in [6, 6.07) is 7.72. The minimum atomic E-state index is -3.91. The van der Waals surface area contributed by atoms with E-state index in [1.807, 2.05) is 17.7 Å². The molecule has 2 aromatic heterocycles. The average Bonchev–Trinajstić information content (AvgIpc) is 2.93. The second-order valence-corrected chi connectivity index (χ2v) is 6.57. The summed E-state index contributed by atoms with van der Waals surface area (Å²) in [6.07, 6.45) is 5.49. The van der Waals surface area contributed by atoms with Gasteiger partial charge in [-0.3, -0.25) is 9.71 Å². The lowest BCUT2D eigenvalue weighted by Crippen LogP contribution is -2.13. The predicted octanol–water partition coefficient (Wildman–Crippen LogP) is 2.42. The van der Waals surface area contributed by atoms with Crippen molar-refractivity contribution in [2.24, 2.45) is 7.05 Å². The lowest BCUT2D eigenvalue weighted by atomic mass is 10.2. The number of hydrogen-bond donors (Lipinski definition) is 1. The summed E-state index contributed by atoms with van der Waals surface area (Å²) in [5, 5.41) is 0. The largest absolute Gasteiger partial charge is 0.334 e. The average molecular weight is 332 g/mol. The molecule has 23 heavy (non-hydrogen) atoms. The summed E-state index contributed by atoms with van der Waals surface area (Å²) < 4.78 is 42.0. The summed E-state index contributed by atoms with van der Waals surface area (Å²) in [6.45, 7) is 0. The second kappa shape index (κ2) is 5.81. The highest BCUT2D eigenvalue weighted by molar-refractivity contribution is 7.92. The molecule has 0 saturated carbocycles. The highest BCUT2D eigenvalue weighted by Gasteiger charge is 2.16. The van der Waals surface area contributed by atoms with Gasteiger partial charge in [-0.05, 0) is 18.2 Å². The van der Waals surface area contributed by atoms with Gasteiger partial charge in [-0.1, -0.05) is 12.1 Å². The van der Waals surface area contributed by atoms with E-state index in [1.54, 1.807) is 30.6 Å². The van der Waals surface area contributed by atoms with Gasteiger partial charge in [-0.2, -0.15) is 0 Å². The Labute approximate surface area is 132 Å². The maximum Gasteiger partial charge on any atom is 0.263 e. The molecule has 0 aliphatic rings. The molecular weight excluding hydrogens is 319 g/mol. The summed E-state index contributed by atoms with van der Waals surface area (Å²) in [5.74, 6) is -0.00638. The molecule has 0 bridgehead atoms. The number of nitrogens with one attached hydrogen (secondary N) is 1. The molecule has 0 aliphatic carbocycles. The maximum absolute atomic E-state index is 13.2. The zero-order chi connectivity index (χ0) is 16.4. The Kier molecular flexibility index (Phi) is 3.83. The van der Waals surface area contributed by atoms with Crippen molar-refractivity contribution in [1.29, 1.82) is 0 Å². The van der Waals surface area contributed by atoms with Crippen molar-refractivity contribution in [2.45, 2.75) is 4.90 Å². The molecule has 0 fully saturated rings. The highest BCUT2D eigenvalue weighted by atomic mass is 32.2. The topological polar surface area (TPSA) is 76.9 Å². The number of halogens is 1. The minimum Gasteiger partial charge on any atom is -0.334 e. The van der Waals surface area contributed by atoms with Crippen LogP contribution in [0.1, 0.15) is 0 Å². The number of hydrogen-bond acceptors (Lipinski definition) is 4. The summed E-state index contributed by atoms with van der Waals surface area (Å²) in [5.41, 5.74) is 1.12. The van der Waals surface area contributed by atoms with Gasteiger partial charge in [0.1, 0.15) is 16.5 Å². The third-order valence-electron chi connectivity index (χ3n) is 3.18. The molecule has 3 rings (SSSR count). The molecule has 0 aliphatic heterocycles. The number of aromatic nitrogens is 3. The van der Waals surface area contributed by atoms with Gasteiger partial charge in [0, 0.05) is 36.9 Å². The fourth-order valence-electron chi connectivity index (χ4n) is 2.12. The van der Waals surface area contributed by atoms with Crippen LogP contribution < -0.4 is 4.72 Å². The first-order valence-electron chi connectivity index (χ1n) is 6.67. The van der Waals surface area contributed by atoms with E-state index < -0.39 is 15.8 Å². The van der Waals surface area contributed by atoms with Crippen molar-refractivity contribution in [3.8, 4) is 11.4 Å². The van der Waals surface area contributed by atoms with Crippen molar-refractivity contribution in [3.05, 3.63) is 60.9 Å². The van der Waals surface area contributed by atoms with E-state index in [9.17, 15) is 12.8 Å². The molecule has 0 unspecified atom stereocenters. The van der Waals surface area contributed by atoms with E-state index in [4.69, 9.17) is 0 Å². The Morgan fingerprint density at radius 3 is 2.74 bits per heavy atom. The molecule has 0 atom stereocenters. The van der Waals surface area contributed by atoms with E-state index in [-0.39, 0.29) is 4.90 Å². The zero-order valence-corrected chi connectivity index (χ0v) is 13.0. The molecule has 6 nitrogen and oxygen atoms in total. The predicted molar refractivity (Wildman–Crippen MR) is 83.6 cm³/mol. The minimum absolute atomic E-state index is 0.236. The van der Waals surface area contributed by atoms with Gasteiger partial charge >= 0.3 is 0 Å². The van der Waals surface area contributed by atoms with E-state index in [1.165, 1.54) is 0 Å². The molecule has 2 heterocycles. The van der Waals surface area contributed by atoms with Gasteiger partial charge in [0.2, 0.25) is 0 Å². The lowest BCUT2D eigenvalue weighted by molar-refractivity contribution is 0.592. The number of imidazole rings is 1. The molecule has 0 saturated heterocycles. The van der Waals surface area contributed by atoms with Crippen molar-refractivity contribution in [1.82, 2.24) is 14.5 Å². The quantitative estimate of drug-likeness (QED) is 0.796. The normalized spacial score (nSPS) is 11.4. The molecule has 1 N–H and O–H groups in total. The Morgan fingerprint density at radius 2 is 2.04 bits per heavy atom. The smallest absolute Gasteiger partial charge is 0.263 e. The Bertz CT molecular complexity index is 953. The first-order chi connectivity index (χ1) is 11.0. The molecule has 118 valence electrons. The van der Waals surface area contributed by atoms with Gasteiger partial charge in [0.15, 0.2) is 0 Å². The van der Waals surface area contributed by atoms with Crippen LogP contribution >= 0.6 is 0 Å². The van der Waals surface area contributed by atoms with Crippen molar-refractivity contribution >= 4 is 15.7 Å². The number of pyridine rings is 1. The molecular formula is C15H13FN4O2S. The molecule has 1 aromatic carbocycles. The maximum atomic E-state index is 13.2. The molecule has 0 radical (unpaired) electrons. The van der Waals surface area contributed by atoms with Crippen LogP contribution in [0.3, 0.4) is 0 Å². The van der Waals surface area contributed by atoms with E-state index in [0.29, 0.717) is 11.5 Å². The SMILES string of the molecule is Cn1ccnc1-c1cccc(NS(=O)(=O)c2cncc(F)c2)c1. The lowest BCUT2D eigenvalue weighted by Gasteiger charge is -2.09. The van der Waals surface area contributed by atoms with Gasteiger partial charge < -0.3 is 4.57 Å². The van der Waals surface area contributed by atoms with Crippen molar-refractivity contribution in [2.75, 3.05) is 4.72 Å². The fourth-order valence-corrected chi connectivity index (χ4v) is 3.14. The zero-order valence-electron chi connectivity index (χ0n) is 12.1. The Morgan fingerprint density at radius 1 is 1.22 bits per heavy atom. The van der Waals surface area contributed by atoms with Gasteiger partial charge in [0.05, 0.1) is 6.20 Å². The van der Waals surface area contributed by atoms with E-state index in [2.05, 4.69) is 14.7 Å². The highest BCUT2D eigenvalue weighted by Crippen LogP contribution is 2.22.